The Morgan fingerprint density at radius 1 is 1.14 bits per heavy atom. The lowest BCUT2D eigenvalue weighted by Crippen LogP contribution is -2.21. The highest BCUT2D eigenvalue weighted by atomic mass is 35.5. The third-order valence-electron chi connectivity index (χ3n) is 3.37. The second-order valence-electron chi connectivity index (χ2n) is 4.59. The van der Waals surface area contributed by atoms with E-state index in [1.807, 2.05) is 24.3 Å². The van der Waals surface area contributed by atoms with E-state index in [9.17, 15) is 4.79 Å². The number of rotatable bonds is 1. The van der Waals surface area contributed by atoms with Gasteiger partial charge in [-0.15, -0.1) is 0 Å². The zero-order valence-electron chi connectivity index (χ0n) is 10.7. The highest BCUT2D eigenvalue weighted by Gasteiger charge is 2.19. The lowest BCUT2D eigenvalue weighted by molar-refractivity contribution is 0.174. The van der Waals surface area contributed by atoms with Crippen molar-refractivity contribution in [1.82, 2.24) is 9.55 Å². The van der Waals surface area contributed by atoms with E-state index in [0.717, 1.165) is 10.9 Å². The molecule has 2 heterocycles. The highest BCUT2D eigenvalue weighted by Crippen LogP contribution is 2.38. The predicted octanol–water partition coefficient (Wildman–Crippen LogP) is 2.77. The zero-order valence-corrected chi connectivity index (χ0v) is 11.5. The fraction of sp³-hybridized carbons (Fsp3) is 0.0667. The van der Waals surface area contributed by atoms with Gasteiger partial charge in [0, 0.05) is 23.7 Å². The summed E-state index contributed by atoms with van der Waals surface area (Å²) in [5.41, 5.74) is 0.864. The van der Waals surface area contributed by atoms with Crippen molar-refractivity contribution in [3.8, 4) is 17.2 Å². The first-order valence-corrected chi connectivity index (χ1v) is 6.68. The van der Waals surface area contributed by atoms with Crippen LogP contribution in [-0.2, 0) is 0 Å². The first kappa shape index (κ1) is 12.2. The first-order valence-electron chi connectivity index (χ1n) is 6.30. The summed E-state index contributed by atoms with van der Waals surface area (Å²) in [6, 6.07) is 10.8. The van der Waals surface area contributed by atoms with Gasteiger partial charge in [0.25, 0.3) is 0 Å². The maximum atomic E-state index is 12.2. The molecule has 0 radical (unpaired) electrons. The smallest absolute Gasteiger partial charge is 0.352 e. The van der Waals surface area contributed by atoms with Crippen LogP contribution in [0.25, 0.3) is 16.6 Å². The number of aromatic nitrogens is 2. The predicted molar refractivity (Wildman–Crippen MR) is 78.5 cm³/mol. The van der Waals surface area contributed by atoms with Crippen molar-refractivity contribution in [2.75, 3.05) is 6.79 Å². The number of hydrogen-bond acceptors (Lipinski definition) is 4. The Bertz CT molecular complexity index is 920. The Hall–Kier alpha value is -2.53. The molecule has 0 aliphatic carbocycles. The molecule has 6 heteroatoms. The third kappa shape index (κ3) is 1.86. The van der Waals surface area contributed by atoms with Crippen LogP contribution in [0.3, 0.4) is 0 Å². The van der Waals surface area contributed by atoms with Crippen molar-refractivity contribution in [2.24, 2.45) is 0 Å². The molecule has 0 saturated heterocycles. The van der Waals surface area contributed by atoms with Crippen LogP contribution in [0.2, 0.25) is 5.02 Å². The van der Waals surface area contributed by atoms with Gasteiger partial charge in [-0.2, -0.15) is 0 Å². The minimum atomic E-state index is -0.394. The fourth-order valence-electron chi connectivity index (χ4n) is 2.40. The van der Waals surface area contributed by atoms with Crippen molar-refractivity contribution in [1.29, 1.82) is 0 Å². The SMILES string of the molecule is O=c1ncc2ccccc2n1-c1cc2c(cc1Cl)OCO2. The van der Waals surface area contributed by atoms with Gasteiger partial charge in [0.1, 0.15) is 0 Å². The van der Waals surface area contributed by atoms with Crippen LogP contribution in [-0.4, -0.2) is 16.3 Å². The molecular formula is C15H9ClN2O3. The second kappa shape index (κ2) is 4.49. The van der Waals surface area contributed by atoms with Gasteiger partial charge in [0.15, 0.2) is 11.5 Å². The summed E-state index contributed by atoms with van der Waals surface area (Å²) in [4.78, 5) is 16.1. The van der Waals surface area contributed by atoms with Crippen LogP contribution in [0.4, 0.5) is 0 Å². The van der Waals surface area contributed by atoms with Crippen molar-refractivity contribution in [3.05, 3.63) is 58.1 Å². The maximum Gasteiger partial charge on any atom is 0.352 e. The molecule has 0 spiro atoms. The van der Waals surface area contributed by atoms with Crippen LogP contribution in [0.15, 0.2) is 47.4 Å². The van der Waals surface area contributed by atoms with Crippen molar-refractivity contribution >= 4 is 22.5 Å². The molecular weight excluding hydrogens is 292 g/mol. The Morgan fingerprint density at radius 2 is 1.90 bits per heavy atom. The Balaban J connectivity index is 2.07. The van der Waals surface area contributed by atoms with Crippen molar-refractivity contribution in [2.45, 2.75) is 0 Å². The van der Waals surface area contributed by atoms with Gasteiger partial charge >= 0.3 is 5.69 Å². The lowest BCUT2D eigenvalue weighted by atomic mass is 10.2. The molecule has 0 fully saturated rings. The molecule has 0 atom stereocenters. The van der Waals surface area contributed by atoms with Gasteiger partial charge in [0.2, 0.25) is 6.79 Å². The monoisotopic (exact) mass is 300 g/mol. The van der Waals surface area contributed by atoms with E-state index in [-0.39, 0.29) is 6.79 Å². The van der Waals surface area contributed by atoms with Crippen molar-refractivity contribution in [3.63, 3.8) is 0 Å². The molecule has 21 heavy (non-hydrogen) atoms. The summed E-state index contributed by atoms with van der Waals surface area (Å²) in [6.07, 6.45) is 1.55. The van der Waals surface area contributed by atoms with Crippen molar-refractivity contribution < 1.29 is 9.47 Å². The topological polar surface area (TPSA) is 53.4 Å². The Labute approximate surface area is 124 Å². The molecule has 5 nitrogen and oxygen atoms in total. The summed E-state index contributed by atoms with van der Waals surface area (Å²) >= 11 is 6.29. The van der Waals surface area contributed by atoms with E-state index in [1.165, 1.54) is 4.57 Å². The molecule has 1 aliphatic heterocycles. The minimum absolute atomic E-state index is 0.151. The van der Waals surface area contributed by atoms with E-state index >= 15 is 0 Å². The molecule has 104 valence electrons. The summed E-state index contributed by atoms with van der Waals surface area (Å²) in [5.74, 6) is 1.14. The minimum Gasteiger partial charge on any atom is -0.454 e. The molecule has 1 aromatic heterocycles. The van der Waals surface area contributed by atoms with Gasteiger partial charge in [-0.25, -0.2) is 9.78 Å². The average molecular weight is 301 g/mol. The quantitative estimate of drug-likeness (QED) is 0.693. The van der Waals surface area contributed by atoms with E-state index < -0.39 is 5.69 Å². The van der Waals surface area contributed by atoms with Crippen LogP contribution >= 0.6 is 11.6 Å². The molecule has 0 amide bonds. The van der Waals surface area contributed by atoms with E-state index in [1.54, 1.807) is 18.3 Å². The van der Waals surface area contributed by atoms with Gasteiger partial charge in [-0.05, 0) is 6.07 Å². The molecule has 4 rings (SSSR count). The van der Waals surface area contributed by atoms with Gasteiger partial charge < -0.3 is 9.47 Å². The van der Waals surface area contributed by atoms with Crippen LogP contribution in [0.5, 0.6) is 11.5 Å². The number of para-hydroxylation sites is 1. The van der Waals surface area contributed by atoms with E-state index in [0.29, 0.717) is 22.2 Å². The lowest BCUT2D eigenvalue weighted by Gasteiger charge is -2.11. The summed E-state index contributed by atoms with van der Waals surface area (Å²) in [6.45, 7) is 0.151. The van der Waals surface area contributed by atoms with Crippen LogP contribution in [0, 0.1) is 0 Å². The first-order chi connectivity index (χ1) is 10.2. The largest absolute Gasteiger partial charge is 0.454 e. The van der Waals surface area contributed by atoms with Crippen LogP contribution in [0.1, 0.15) is 0 Å². The zero-order chi connectivity index (χ0) is 14.4. The standard InChI is InChI=1S/C15H9ClN2O3/c16-10-5-13-14(21-8-20-13)6-12(10)18-11-4-2-1-3-9(11)7-17-15(18)19/h1-7H,8H2. The highest BCUT2D eigenvalue weighted by molar-refractivity contribution is 6.32. The summed E-state index contributed by atoms with van der Waals surface area (Å²) < 4.78 is 12.1. The Kier molecular flexibility index (Phi) is 2.62. The molecule has 3 aromatic rings. The molecule has 1 aliphatic rings. The molecule has 0 bridgehead atoms. The van der Waals surface area contributed by atoms with E-state index in [4.69, 9.17) is 21.1 Å². The molecule has 0 N–H and O–H groups in total. The number of halogens is 1. The van der Waals surface area contributed by atoms with Gasteiger partial charge in [0.05, 0.1) is 16.2 Å². The summed E-state index contributed by atoms with van der Waals surface area (Å²) in [7, 11) is 0. The average Bonchev–Trinajstić information content (AvgIpc) is 2.94. The molecule has 0 unspecified atom stereocenters. The van der Waals surface area contributed by atoms with E-state index in [2.05, 4.69) is 4.98 Å². The molecule has 0 saturated carbocycles. The molecule has 2 aromatic carbocycles. The van der Waals surface area contributed by atoms with Gasteiger partial charge in [-0.3, -0.25) is 4.57 Å². The second-order valence-corrected chi connectivity index (χ2v) is 5.00. The number of ether oxygens (including phenoxy) is 2. The third-order valence-corrected chi connectivity index (χ3v) is 3.67. The van der Waals surface area contributed by atoms with Gasteiger partial charge in [-0.1, -0.05) is 29.8 Å². The number of fused-ring (bicyclic) bond motifs is 2. The maximum absolute atomic E-state index is 12.2. The fourth-order valence-corrected chi connectivity index (χ4v) is 2.63. The Morgan fingerprint density at radius 3 is 2.76 bits per heavy atom. The normalized spacial score (nSPS) is 12.8. The number of nitrogens with zero attached hydrogens (tertiary/aromatic N) is 2. The summed E-state index contributed by atoms with van der Waals surface area (Å²) in [5, 5.41) is 1.25. The number of hydrogen-bond donors (Lipinski definition) is 0. The number of benzene rings is 2. The van der Waals surface area contributed by atoms with Crippen LogP contribution < -0.4 is 15.2 Å².